The highest BCUT2D eigenvalue weighted by molar-refractivity contribution is 7.21. The molecule has 0 unspecified atom stereocenters. The molecule has 1 aromatic carbocycles. The van der Waals surface area contributed by atoms with Crippen molar-refractivity contribution in [3.8, 4) is 0 Å². The van der Waals surface area contributed by atoms with Crippen molar-refractivity contribution in [1.29, 1.82) is 0 Å². The minimum atomic E-state index is -0.348. The maximum absolute atomic E-state index is 14.8. The maximum atomic E-state index is 14.8. The summed E-state index contributed by atoms with van der Waals surface area (Å²) in [5.41, 5.74) is 3.69. The smallest absolute Gasteiger partial charge is 0.223 e. The van der Waals surface area contributed by atoms with Gasteiger partial charge in [0.2, 0.25) is 5.89 Å². The monoisotopic (exact) mass is 520 g/mol. The summed E-state index contributed by atoms with van der Waals surface area (Å²) in [6.45, 7) is 9.08. The third-order valence-electron chi connectivity index (χ3n) is 6.73. The fourth-order valence-corrected chi connectivity index (χ4v) is 5.13. The van der Waals surface area contributed by atoms with E-state index in [1.165, 1.54) is 0 Å². The average Bonchev–Trinajstić information content (AvgIpc) is 3.32. The lowest BCUT2D eigenvalue weighted by Crippen LogP contribution is -2.46. The molecular weight excluding hydrogens is 486 g/mol. The molecule has 37 heavy (non-hydrogen) atoms. The number of hydrogen-bond donors (Lipinski definition) is 1. The number of hydrogen-bond acceptors (Lipinski definition) is 5. The summed E-state index contributed by atoms with van der Waals surface area (Å²) in [5.74, 6) is 2.53. The zero-order valence-corrected chi connectivity index (χ0v) is 23.1. The molecule has 0 amide bonds. The first kappa shape index (κ1) is 26.8. The molecular formula is C28H34FN6OP. The Morgan fingerprint density at radius 3 is 2.54 bits per heavy atom. The predicted octanol–water partition coefficient (Wildman–Crippen LogP) is 5.52. The Morgan fingerprint density at radius 1 is 1.16 bits per heavy atom. The van der Waals surface area contributed by atoms with Crippen molar-refractivity contribution in [3.05, 3.63) is 82.4 Å². The molecule has 7 nitrogen and oxygen atoms in total. The lowest BCUT2D eigenvalue weighted by atomic mass is 9.74. The molecule has 0 atom stereocenters. The number of anilines is 1. The first-order valence-corrected chi connectivity index (χ1v) is 13.0. The number of pyridine rings is 1. The van der Waals surface area contributed by atoms with E-state index in [1.54, 1.807) is 26.1 Å². The van der Waals surface area contributed by atoms with Gasteiger partial charge in [0, 0.05) is 55.6 Å². The summed E-state index contributed by atoms with van der Waals surface area (Å²) in [4.78, 5) is 16.0. The maximum Gasteiger partial charge on any atom is 0.223 e. The number of nitrogens with zero attached hydrogens (tertiary/aromatic N) is 5. The quantitative estimate of drug-likeness (QED) is 0.251. The third kappa shape index (κ3) is 6.20. The molecule has 4 rings (SSSR count). The van der Waals surface area contributed by atoms with Crippen molar-refractivity contribution in [2.24, 2.45) is 4.99 Å². The van der Waals surface area contributed by atoms with Crippen LogP contribution in [0.3, 0.4) is 0 Å². The van der Waals surface area contributed by atoms with Crippen molar-refractivity contribution >= 4 is 25.9 Å². The molecule has 0 radical (unpaired) electrons. The normalized spacial score (nSPS) is 15.9. The second kappa shape index (κ2) is 11.4. The summed E-state index contributed by atoms with van der Waals surface area (Å²) in [6, 6.07) is 11.4. The van der Waals surface area contributed by atoms with Crippen LogP contribution >= 0.6 is 8.86 Å². The molecule has 1 aliphatic rings. The molecule has 3 heterocycles. The second-order valence-electron chi connectivity index (χ2n) is 9.84. The van der Waals surface area contributed by atoms with E-state index in [0.29, 0.717) is 42.4 Å². The van der Waals surface area contributed by atoms with E-state index in [9.17, 15) is 4.39 Å². The summed E-state index contributed by atoms with van der Waals surface area (Å²) >= 11 is 0. The Hall–Kier alpha value is -3.22. The van der Waals surface area contributed by atoms with Crippen molar-refractivity contribution in [2.75, 3.05) is 25.5 Å². The highest BCUT2D eigenvalue weighted by Gasteiger charge is 2.41. The number of nitrogens with one attached hydrogen (secondary N) is 1. The van der Waals surface area contributed by atoms with E-state index >= 15 is 0 Å². The summed E-state index contributed by atoms with van der Waals surface area (Å²) in [6.07, 6.45) is 4.18. The van der Waals surface area contributed by atoms with Crippen LogP contribution in [0.1, 0.15) is 55.2 Å². The highest BCUT2D eigenvalue weighted by atomic mass is 31.0. The Labute approximate surface area is 220 Å². The van der Waals surface area contributed by atoms with Crippen LogP contribution in [-0.4, -0.2) is 51.4 Å². The van der Waals surface area contributed by atoms with Gasteiger partial charge in [-0.2, -0.15) is 4.98 Å². The van der Waals surface area contributed by atoms with Gasteiger partial charge in [0.25, 0.3) is 0 Å². The number of aryl methyl sites for hydroxylation is 2. The molecule has 1 N–H and O–H groups in total. The van der Waals surface area contributed by atoms with Gasteiger partial charge >= 0.3 is 0 Å². The number of benzene rings is 1. The number of aromatic nitrogens is 3. The Bertz CT molecular complexity index is 1340. The van der Waals surface area contributed by atoms with Crippen LogP contribution in [0.4, 0.5) is 10.2 Å². The fraction of sp³-hybridized carbons (Fsp3) is 0.393. The van der Waals surface area contributed by atoms with Gasteiger partial charge in [-0.25, -0.2) is 9.37 Å². The van der Waals surface area contributed by atoms with E-state index in [1.807, 2.05) is 51.1 Å². The minimum Gasteiger partial charge on any atom is -0.340 e. The Morgan fingerprint density at radius 2 is 1.89 bits per heavy atom. The molecule has 9 heteroatoms. The van der Waals surface area contributed by atoms with Gasteiger partial charge in [-0.3, -0.25) is 9.89 Å². The van der Waals surface area contributed by atoms with Gasteiger partial charge in [-0.05, 0) is 57.4 Å². The first-order valence-electron chi connectivity index (χ1n) is 12.5. The molecule has 0 bridgehead atoms. The standard InChI is InChI=1S/C28H34FN6OP/c1-18(2)16-24(30-5)33-23-11-7-9-21(32-23)17-28(27-31-20(4)36-34-27)12-14-35(15-13-28)26(37)22-10-6-8-19(3)25(22)29/h6-11,16,37H,12-15,17H2,1-5H3,(H,30,32,33). The van der Waals surface area contributed by atoms with E-state index in [0.717, 1.165) is 41.2 Å². The van der Waals surface area contributed by atoms with E-state index in [-0.39, 0.29) is 11.2 Å². The molecule has 0 spiro atoms. The zero-order valence-electron chi connectivity index (χ0n) is 22.1. The highest BCUT2D eigenvalue weighted by Crippen LogP contribution is 2.38. The first-order chi connectivity index (χ1) is 17.7. The third-order valence-corrected chi connectivity index (χ3v) is 7.32. The second-order valence-corrected chi connectivity index (χ2v) is 10.3. The van der Waals surface area contributed by atoms with Gasteiger partial charge in [0.05, 0.1) is 0 Å². The molecule has 194 valence electrons. The fourth-order valence-electron chi connectivity index (χ4n) is 4.71. The van der Waals surface area contributed by atoms with Crippen LogP contribution in [0.15, 0.2) is 57.6 Å². The lowest BCUT2D eigenvalue weighted by molar-refractivity contribution is 0.209. The van der Waals surface area contributed by atoms with Crippen LogP contribution in [0.25, 0.3) is 0 Å². The SMILES string of the molecule is CN=C(C=C(C)C)Nc1cccc(CC2(c3noc(C)n3)CCN(C(=P)c3cccc(C)c3F)CC2)n1. The number of amidine groups is 1. The van der Waals surface area contributed by atoms with Crippen LogP contribution in [0, 0.1) is 19.7 Å². The molecule has 1 saturated heterocycles. The van der Waals surface area contributed by atoms with Gasteiger partial charge < -0.3 is 9.84 Å². The largest absolute Gasteiger partial charge is 0.340 e. The number of allylic oxidation sites excluding steroid dienone is 1. The predicted molar refractivity (Wildman–Crippen MR) is 149 cm³/mol. The van der Waals surface area contributed by atoms with Gasteiger partial charge in [0.15, 0.2) is 5.82 Å². The Kier molecular flexibility index (Phi) is 8.30. The molecule has 1 fully saturated rings. The number of likely N-dealkylation sites (tertiary alicyclic amines) is 1. The molecule has 2 aromatic heterocycles. The van der Waals surface area contributed by atoms with Crippen molar-refractivity contribution in [1.82, 2.24) is 20.0 Å². The van der Waals surface area contributed by atoms with E-state index in [4.69, 9.17) is 9.51 Å². The van der Waals surface area contributed by atoms with Gasteiger partial charge in [-0.1, -0.05) is 35.0 Å². The molecule has 3 aromatic rings. The van der Waals surface area contributed by atoms with Crippen molar-refractivity contribution in [3.63, 3.8) is 0 Å². The average molecular weight is 521 g/mol. The summed E-state index contributed by atoms with van der Waals surface area (Å²) in [5, 5.41) is 7.63. The number of piperidine rings is 1. The number of aliphatic imine (C=N–C) groups is 1. The van der Waals surface area contributed by atoms with Crippen LogP contribution in [0.2, 0.25) is 0 Å². The topological polar surface area (TPSA) is 79.4 Å². The minimum absolute atomic E-state index is 0.199. The number of rotatable bonds is 7. The van der Waals surface area contributed by atoms with Crippen LogP contribution in [0.5, 0.6) is 0 Å². The lowest BCUT2D eigenvalue weighted by Gasteiger charge is -2.40. The molecule has 0 saturated carbocycles. The molecule has 1 aliphatic heterocycles. The molecule has 0 aliphatic carbocycles. The van der Waals surface area contributed by atoms with E-state index in [2.05, 4.69) is 34.2 Å². The number of halogens is 1. The van der Waals surface area contributed by atoms with Crippen LogP contribution < -0.4 is 5.32 Å². The Balaban J connectivity index is 1.57. The van der Waals surface area contributed by atoms with E-state index < -0.39 is 0 Å². The van der Waals surface area contributed by atoms with Crippen molar-refractivity contribution in [2.45, 2.75) is 52.4 Å². The zero-order chi connectivity index (χ0) is 26.6. The summed E-state index contributed by atoms with van der Waals surface area (Å²) < 4.78 is 20.2. The summed E-state index contributed by atoms with van der Waals surface area (Å²) in [7, 11) is 5.49. The van der Waals surface area contributed by atoms with Gasteiger partial charge in [0.1, 0.15) is 17.5 Å². The van der Waals surface area contributed by atoms with Gasteiger partial charge in [-0.15, -0.1) is 8.86 Å². The van der Waals surface area contributed by atoms with Crippen molar-refractivity contribution < 1.29 is 8.91 Å². The van der Waals surface area contributed by atoms with Crippen LogP contribution in [-0.2, 0) is 11.8 Å².